The van der Waals surface area contributed by atoms with E-state index >= 15 is 0 Å². The molecule has 1 aliphatic heterocycles. The summed E-state index contributed by atoms with van der Waals surface area (Å²) in [6.07, 6.45) is 1.06. The number of hydrogen-bond donors (Lipinski definition) is 2. The Morgan fingerprint density at radius 1 is 1.11 bits per heavy atom. The molecule has 1 heterocycles. The van der Waals surface area contributed by atoms with Crippen LogP contribution in [0.5, 0.6) is 17.2 Å². The average molecular weight is 380 g/mol. The van der Waals surface area contributed by atoms with Crippen LogP contribution in [0, 0.1) is 0 Å². The lowest BCUT2D eigenvalue weighted by molar-refractivity contribution is -0.137. The lowest BCUT2D eigenvalue weighted by Gasteiger charge is -2.20. The maximum Gasteiger partial charge on any atom is 0.340 e. The van der Waals surface area contributed by atoms with Gasteiger partial charge in [-0.15, -0.1) is 0 Å². The molecule has 0 bridgehead atoms. The van der Waals surface area contributed by atoms with Gasteiger partial charge in [-0.3, -0.25) is 14.5 Å². The van der Waals surface area contributed by atoms with E-state index in [1.807, 2.05) is 0 Å². The van der Waals surface area contributed by atoms with Crippen LogP contribution < -0.4 is 19.5 Å². The number of imide groups is 1. The number of nitrogens with zero attached hydrogens (tertiary/aromatic N) is 1. The topological polar surface area (TPSA) is 124 Å². The van der Waals surface area contributed by atoms with Gasteiger partial charge in [0.25, 0.3) is 11.8 Å². The van der Waals surface area contributed by atoms with Crippen LogP contribution in [0.2, 0.25) is 0 Å². The first-order valence-electron chi connectivity index (χ1n) is 7.80. The highest BCUT2D eigenvalue weighted by Crippen LogP contribution is 2.46. The number of esters is 1. The minimum Gasteiger partial charge on any atom is -0.493 e. The number of aliphatic hydroxyl groups is 1. The van der Waals surface area contributed by atoms with Gasteiger partial charge in [0.2, 0.25) is 5.75 Å². The van der Waals surface area contributed by atoms with E-state index in [4.69, 9.17) is 24.1 Å². The van der Waals surface area contributed by atoms with Crippen molar-refractivity contribution >= 4 is 23.5 Å². The minimum atomic E-state index is -0.721. The Balaban J connectivity index is 2.58. The Morgan fingerprint density at radius 3 is 2.30 bits per heavy atom. The van der Waals surface area contributed by atoms with Gasteiger partial charge in [-0.1, -0.05) is 0 Å². The second-order valence-corrected chi connectivity index (χ2v) is 5.26. The van der Waals surface area contributed by atoms with Crippen molar-refractivity contribution in [1.82, 2.24) is 4.90 Å². The lowest BCUT2D eigenvalue weighted by atomic mass is 10.1. The summed E-state index contributed by atoms with van der Waals surface area (Å²) < 4.78 is 20.6. The van der Waals surface area contributed by atoms with E-state index in [0.29, 0.717) is 0 Å². The summed E-state index contributed by atoms with van der Waals surface area (Å²) in [4.78, 5) is 37.4. The molecule has 27 heavy (non-hydrogen) atoms. The number of β-amino-alcohol motifs (C(OH)–C–C–N with tert-alkyl or cyclic N) is 1. The Bertz CT molecular complexity index is 803. The predicted molar refractivity (Wildman–Crippen MR) is 92.9 cm³/mol. The summed E-state index contributed by atoms with van der Waals surface area (Å²) in [5.74, 6) is -1.48. The third-order valence-electron chi connectivity index (χ3n) is 3.83. The molecule has 10 nitrogen and oxygen atoms in total. The molecular formula is C17H20N2O8. The summed E-state index contributed by atoms with van der Waals surface area (Å²) >= 11 is 0. The molecule has 2 N–H and O–H groups in total. The molecule has 0 aromatic heterocycles. The normalized spacial score (nSPS) is 13.4. The maximum absolute atomic E-state index is 12.4. The first-order chi connectivity index (χ1) is 12.9. The van der Waals surface area contributed by atoms with Crippen molar-refractivity contribution in [3.8, 4) is 17.2 Å². The van der Waals surface area contributed by atoms with Crippen LogP contribution in [-0.2, 0) is 14.3 Å². The quantitative estimate of drug-likeness (QED) is 0.479. The number of aliphatic hydroxyl groups excluding tert-OH is 1. The van der Waals surface area contributed by atoms with E-state index in [2.05, 4.69) is 5.32 Å². The molecule has 0 saturated heterocycles. The number of hydrogen-bond acceptors (Lipinski definition) is 9. The molecule has 0 spiro atoms. The van der Waals surface area contributed by atoms with Crippen molar-refractivity contribution in [3.05, 3.63) is 23.4 Å². The Morgan fingerprint density at radius 2 is 1.78 bits per heavy atom. The van der Waals surface area contributed by atoms with Crippen molar-refractivity contribution in [3.63, 3.8) is 0 Å². The van der Waals surface area contributed by atoms with Gasteiger partial charge >= 0.3 is 5.97 Å². The number of ether oxygens (including phenoxy) is 4. The van der Waals surface area contributed by atoms with E-state index in [-0.39, 0.29) is 47.3 Å². The number of benzene rings is 1. The van der Waals surface area contributed by atoms with Crippen molar-refractivity contribution in [2.24, 2.45) is 0 Å². The Labute approximate surface area is 155 Å². The van der Waals surface area contributed by atoms with Crippen molar-refractivity contribution in [2.75, 3.05) is 46.9 Å². The first kappa shape index (κ1) is 20.0. The molecular weight excluding hydrogens is 360 g/mol. The number of carbonyl (C=O) groups excluding carboxylic acids is 3. The summed E-state index contributed by atoms with van der Waals surface area (Å²) in [6.45, 7) is -0.516. The van der Waals surface area contributed by atoms with Gasteiger partial charge in [-0.2, -0.15) is 0 Å². The van der Waals surface area contributed by atoms with Gasteiger partial charge in [-0.05, 0) is 0 Å². The van der Waals surface area contributed by atoms with Crippen LogP contribution in [-0.4, -0.2) is 69.4 Å². The molecule has 0 radical (unpaired) electrons. The highest BCUT2D eigenvalue weighted by molar-refractivity contribution is 6.18. The van der Waals surface area contributed by atoms with E-state index < -0.39 is 17.8 Å². The molecule has 0 atom stereocenters. The van der Waals surface area contributed by atoms with Crippen molar-refractivity contribution < 1.29 is 38.4 Å². The van der Waals surface area contributed by atoms with E-state index in [9.17, 15) is 14.4 Å². The number of rotatable bonds is 8. The molecule has 1 aliphatic rings. The number of amides is 2. The van der Waals surface area contributed by atoms with E-state index in [1.165, 1.54) is 34.5 Å². The molecule has 1 aromatic rings. The van der Waals surface area contributed by atoms with Gasteiger partial charge in [0.15, 0.2) is 11.5 Å². The Hall–Kier alpha value is -3.27. The molecule has 146 valence electrons. The standard InChI is InChI=1S/C17H20N2O8/c1-24-11-7-9(17(23)27-4)13(15(26-3)14(11)25-2)18-10-8-12(21)19(5-6-20)16(10)22/h7-8,18,20H,5-6H2,1-4H3. The van der Waals surface area contributed by atoms with Crippen LogP contribution in [0.15, 0.2) is 17.8 Å². The fraction of sp³-hybridized carbons (Fsp3) is 0.353. The highest BCUT2D eigenvalue weighted by atomic mass is 16.5. The summed E-state index contributed by atoms with van der Waals surface area (Å²) in [5, 5.41) is 11.7. The summed E-state index contributed by atoms with van der Waals surface area (Å²) in [6, 6.07) is 1.36. The molecule has 1 aromatic carbocycles. The zero-order chi connectivity index (χ0) is 20.1. The molecule has 0 unspecified atom stereocenters. The van der Waals surface area contributed by atoms with Crippen molar-refractivity contribution in [1.29, 1.82) is 0 Å². The molecule has 10 heteroatoms. The number of anilines is 1. The van der Waals surface area contributed by atoms with Crippen LogP contribution in [0.1, 0.15) is 10.4 Å². The maximum atomic E-state index is 12.4. The smallest absolute Gasteiger partial charge is 0.340 e. The second-order valence-electron chi connectivity index (χ2n) is 5.26. The monoisotopic (exact) mass is 380 g/mol. The third kappa shape index (κ3) is 3.65. The van der Waals surface area contributed by atoms with Crippen LogP contribution in [0.25, 0.3) is 0 Å². The van der Waals surface area contributed by atoms with Gasteiger partial charge in [0, 0.05) is 12.1 Å². The summed E-state index contributed by atoms with van der Waals surface area (Å²) in [7, 11) is 5.31. The van der Waals surface area contributed by atoms with E-state index in [0.717, 1.165) is 11.0 Å². The number of nitrogens with one attached hydrogen (secondary N) is 1. The van der Waals surface area contributed by atoms with Crippen LogP contribution in [0.4, 0.5) is 5.69 Å². The van der Waals surface area contributed by atoms with Crippen LogP contribution in [0.3, 0.4) is 0 Å². The van der Waals surface area contributed by atoms with Crippen LogP contribution >= 0.6 is 0 Å². The largest absolute Gasteiger partial charge is 0.493 e. The SMILES string of the molecule is COC(=O)c1cc(OC)c(OC)c(OC)c1NC1=CC(=O)N(CCO)C1=O. The predicted octanol–water partition coefficient (Wildman–Crippen LogP) is 0.156. The Kier molecular flexibility index (Phi) is 6.24. The molecule has 0 saturated carbocycles. The molecule has 2 amide bonds. The number of methoxy groups -OCH3 is 4. The second kappa shape index (κ2) is 8.41. The van der Waals surface area contributed by atoms with Gasteiger partial charge in [0.1, 0.15) is 11.4 Å². The van der Waals surface area contributed by atoms with Gasteiger partial charge < -0.3 is 29.4 Å². The average Bonchev–Trinajstić information content (AvgIpc) is 2.94. The third-order valence-corrected chi connectivity index (χ3v) is 3.83. The summed E-state index contributed by atoms with van der Waals surface area (Å²) in [5.41, 5.74) is -0.0156. The van der Waals surface area contributed by atoms with Crippen molar-refractivity contribution in [2.45, 2.75) is 0 Å². The van der Waals surface area contributed by atoms with E-state index in [1.54, 1.807) is 0 Å². The molecule has 0 aliphatic carbocycles. The first-order valence-corrected chi connectivity index (χ1v) is 7.80. The van der Waals surface area contributed by atoms with Gasteiger partial charge in [0.05, 0.1) is 47.2 Å². The minimum absolute atomic E-state index is 0.00811. The number of carbonyl (C=O) groups is 3. The fourth-order valence-corrected chi connectivity index (χ4v) is 2.60. The highest BCUT2D eigenvalue weighted by Gasteiger charge is 2.33. The molecule has 2 rings (SSSR count). The molecule has 0 fully saturated rings. The zero-order valence-corrected chi connectivity index (χ0v) is 15.3. The lowest BCUT2D eigenvalue weighted by Crippen LogP contribution is -2.34. The zero-order valence-electron chi connectivity index (χ0n) is 15.3. The van der Waals surface area contributed by atoms with Gasteiger partial charge in [-0.25, -0.2) is 4.79 Å². The fourth-order valence-electron chi connectivity index (χ4n) is 2.60.